The molecule has 2 aromatic carbocycles. The number of hydrogen-bond acceptors (Lipinski definition) is 2. The van der Waals surface area contributed by atoms with Gasteiger partial charge in [-0.1, -0.05) is 48.0 Å². The number of aromatic nitrogens is 2. The second-order valence-corrected chi connectivity index (χ2v) is 5.63. The van der Waals surface area contributed by atoms with Gasteiger partial charge in [0, 0.05) is 11.6 Å². The minimum Gasteiger partial charge on any atom is -0.307 e. The fourth-order valence-electron chi connectivity index (χ4n) is 2.44. The number of anilines is 1. The van der Waals surface area contributed by atoms with Gasteiger partial charge in [0.2, 0.25) is 0 Å². The van der Waals surface area contributed by atoms with Crippen molar-refractivity contribution in [1.29, 1.82) is 0 Å². The number of nitrogens with one attached hydrogen (secondary N) is 1. The first kappa shape index (κ1) is 15.0. The summed E-state index contributed by atoms with van der Waals surface area (Å²) < 4.78 is 1.79. The Kier molecular flexibility index (Phi) is 4.24. The van der Waals surface area contributed by atoms with E-state index in [0.29, 0.717) is 17.9 Å². The van der Waals surface area contributed by atoms with Gasteiger partial charge in [-0.2, -0.15) is 5.10 Å². The highest BCUT2D eigenvalue weighted by atomic mass is 16.1. The van der Waals surface area contributed by atoms with Crippen molar-refractivity contribution in [1.82, 2.24) is 9.78 Å². The van der Waals surface area contributed by atoms with Crippen LogP contribution in [0.5, 0.6) is 0 Å². The van der Waals surface area contributed by atoms with Crippen molar-refractivity contribution in [2.24, 2.45) is 0 Å². The van der Waals surface area contributed by atoms with E-state index < -0.39 is 0 Å². The van der Waals surface area contributed by atoms with Gasteiger partial charge < -0.3 is 5.32 Å². The molecule has 0 atom stereocenters. The fourth-order valence-corrected chi connectivity index (χ4v) is 2.44. The Morgan fingerprint density at radius 1 is 1.04 bits per heavy atom. The largest absolute Gasteiger partial charge is 0.307 e. The molecule has 1 amide bonds. The number of carbonyl (C=O) groups excluding carboxylic acids is 1. The molecule has 0 unspecified atom stereocenters. The highest BCUT2D eigenvalue weighted by molar-refractivity contribution is 6.04. The first-order chi connectivity index (χ1) is 11.1. The summed E-state index contributed by atoms with van der Waals surface area (Å²) in [6.07, 6.45) is 1.70. The minimum atomic E-state index is -0.117. The standard InChI is InChI=1S/C19H19N3O/c1-14-7-9-16(10-8-14)13-22-18(11-12-20-22)21-19(23)17-6-4-3-5-15(17)2/h3-12H,13H2,1-2H3,(H,21,23). The molecule has 0 saturated heterocycles. The number of hydrogen-bond donors (Lipinski definition) is 1. The average molecular weight is 305 g/mol. The van der Waals surface area contributed by atoms with E-state index in [9.17, 15) is 4.79 Å². The van der Waals surface area contributed by atoms with Crippen LogP contribution in [0, 0.1) is 13.8 Å². The van der Waals surface area contributed by atoms with Crippen LogP contribution in [0.15, 0.2) is 60.8 Å². The molecule has 1 heterocycles. The van der Waals surface area contributed by atoms with Crippen LogP contribution in [0.2, 0.25) is 0 Å². The summed E-state index contributed by atoms with van der Waals surface area (Å²) in [5, 5.41) is 7.25. The first-order valence-corrected chi connectivity index (χ1v) is 7.58. The van der Waals surface area contributed by atoms with Crippen molar-refractivity contribution >= 4 is 11.7 Å². The summed E-state index contributed by atoms with van der Waals surface area (Å²) in [6, 6.07) is 17.6. The van der Waals surface area contributed by atoms with E-state index in [1.807, 2.05) is 37.3 Å². The lowest BCUT2D eigenvalue weighted by atomic mass is 10.1. The van der Waals surface area contributed by atoms with Crippen molar-refractivity contribution in [3.63, 3.8) is 0 Å². The second kappa shape index (κ2) is 6.48. The first-order valence-electron chi connectivity index (χ1n) is 7.58. The molecule has 0 bridgehead atoms. The third-order valence-electron chi connectivity index (χ3n) is 3.80. The van der Waals surface area contributed by atoms with Crippen molar-refractivity contribution in [2.45, 2.75) is 20.4 Å². The second-order valence-electron chi connectivity index (χ2n) is 5.63. The summed E-state index contributed by atoms with van der Waals surface area (Å²) in [5.41, 5.74) is 4.00. The normalized spacial score (nSPS) is 10.5. The number of amides is 1. The Morgan fingerprint density at radius 3 is 2.52 bits per heavy atom. The number of aryl methyl sites for hydroxylation is 2. The SMILES string of the molecule is Cc1ccc(Cn2nccc2NC(=O)c2ccccc2C)cc1. The number of rotatable bonds is 4. The van der Waals surface area contributed by atoms with E-state index in [-0.39, 0.29) is 5.91 Å². The smallest absolute Gasteiger partial charge is 0.257 e. The molecule has 0 saturated carbocycles. The molecule has 4 heteroatoms. The molecule has 0 spiro atoms. The predicted molar refractivity (Wildman–Crippen MR) is 91.6 cm³/mol. The Bertz CT molecular complexity index is 819. The average Bonchev–Trinajstić information content (AvgIpc) is 2.97. The summed E-state index contributed by atoms with van der Waals surface area (Å²) in [5.74, 6) is 0.576. The summed E-state index contributed by atoms with van der Waals surface area (Å²) in [4.78, 5) is 12.4. The number of carbonyl (C=O) groups is 1. The molecule has 1 aromatic heterocycles. The maximum absolute atomic E-state index is 12.4. The Hall–Kier alpha value is -2.88. The van der Waals surface area contributed by atoms with Crippen molar-refractivity contribution in [2.75, 3.05) is 5.32 Å². The van der Waals surface area contributed by atoms with Gasteiger partial charge in [-0.25, -0.2) is 4.68 Å². The highest BCUT2D eigenvalue weighted by Gasteiger charge is 2.11. The molecular weight excluding hydrogens is 286 g/mol. The minimum absolute atomic E-state index is 0.117. The van der Waals surface area contributed by atoms with Gasteiger partial charge >= 0.3 is 0 Å². The van der Waals surface area contributed by atoms with Crippen LogP contribution in [0.25, 0.3) is 0 Å². The third-order valence-corrected chi connectivity index (χ3v) is 3.80. The molecule has 3 rings (SSSR count). The van der Waals surface area contributed by atoms with Crippen LogP contribution in [-0.4, -0.2) is 15.7 Å². The van der Waals surface area contributed by atoms with Crippen LogP contribution in [-0.2, 0) is 6.54 Å². The maximum atomic E-state index is 12.4. The lowest BCUT2D eigenvalue weighted by molar-refractivity contribution is 0.102. The van der Waals surface area contributed by atoms with Crippen LogP contribution in [0.4, 0.5) is 5.82 Å². The van der Waals surface area contributed by atoms with Gasteiger partial charge in [-0.05, 0) is 31.0 Å². The van der Waals surface area contributed by atoms with Gasteiger partial charge in [0.1, 0.15) is 5.82 Å². The van der Waals surface area contributed by atoms with Crippen LogP contribution in [0.3, 0.4) is 0 Å². The van der Waals surface area contributed by atoms with Crippen molar-refractivity contribution < 1.29 is 4.79 Å². The van der Waals surface area contributed by atoms with E-state index in [0.717, 1.165) is 11.1 Å². The molecule has 0 aliphatic rings. The number of nitrogens with zero attached hydrogens (tertiary/aromatic N) is 2. The molecule has 0 fully saturated rings. The molecule has 0 radical (unpaired) electrons. The summed E-state index contributed by atoms with van der Waals surface area (Å²) in [6.45, 7) is 4.61. The summed E-state index contributed by atoms with van der Waals surface area (Å²) >= 11 is 0. The number of benzene rings is 2. The van der Waals surface area contributed by atoms with Crippen LogP contribution < -0.4 is 5.32 Å². The zero-order chi connectivity index (χ0) is 16.2. The van der Waals surface area contributed by atoms with E-state index in [4.69, 9.17) is 0 Å². The van der Waals surface area contributed by atoms with Crippen molar-refractivity contribution in [3.05, 3.63) is 83.0 Å². The quantitative estimate of drug-likeness (QED) is 0.797. The Morgan fingerprint density at radius 2 is 1.78 bits per heavy atom. The molecular formula is C19H19N3O. The van der Waals surface area contributed by atoms with E-state index in [1.54, 1.807) is 10.9 Å². The van der Waals surface area contributed by atoms with Gasteiger partial charge in [-0.3, -0.25) is 4.79 Å². The zero-order valence-electron chi connectivity index (χ0n) is 13.3. The zero-order valence-corrected chi connectivity index (χ0v) is 13.3. The van der Waals surface area contributed by atoms with Gasteiger partial charge in [0.15, 0.2) is 0 Å². The van der Waals surface area contributed by atoms with E-state index >= 15 is 0 Å². The predicted octanol–water partition coefficient (Wildman–Crippen LogP) is 3.80. The van der Waals surface area contributed by atoms with Gasteiger partial charge in [-0.15, -0.1) is 0 Å². The Labute approximate surface area is 135 Å². The molecule has 0 aliphatic carbocycles. The molecule has 116 valence electrons. The third kappa shape index (κ3) is 3.48. The monoisotopic (exact) mass is 305 g/mol. The van der Waals surface area contributed by atoms with E-state index in [1.165, 1.54) is 5.56 Å². The van der Waals surface area contributed by atoms with Gasteiger partial charge in [0.25, 0.3) is 5.91 Å². The molecule has 4 nitrogen and oxygen atoms in total. The van der Waals surface area contributed by atoms with E-state index in [2.05, 4.69) is 41.6 Å². The summed E-state index contributed by atoms with van der Waals surface area (Å²) in [7, 11) is 0. The van der Waals surface area contributed by atoms with Crippen molar-refractivity contribution in [3.8, 4) is 0 Å². The Balaban J connectivity index is 1.77. The lowest BCUT2D eigenvalue weighted by Gasteiger charge is -2.10. The molecule has 23 heavy (non-hydrogen) atoms. The highest BCUT2D eigenvalue weighted by Crippen LogP contribution is 2.14. The maximum Gasteiger partial charge on any atom is 0.257 e. The fraction of sp³-hybridized carbons (Fsp3) is 0.158. The lowest BCUT2D eigenvalue weighted by Crippen LogP contribution is -2.17. The molecule has 3 aromatic rings. The molecule has 1 N–H and O–H groups in total. The van der Waals surface area contributed by atoms with Gasteiger partial charge in [0.05, 0.1) is 12.7 Å². The van der Waals surface area contributed by atoms with Crippen LogP contribution >= 0.6 is 0 Å². The molecule has 0 aliphatic heterocycles. The topological polar surface area (TPSA) is 46.9 Å². The van der Waals surface area contributed by atoms with Crippen LogP contribution in [0.1, 0.15) is 27.0 Å².